The van der Waals surface area contributed by atoms with Gasteiger partial charge in [0.15, 0.2) is 0 Å². The van der Waals surface area contributed by atoms with Gasteiger partial charge in [-0.3, -0.25) is 0 Å². The Balaban J connectivity index is 1.69. The molecule has 0 bridgehead atoms. The van der Waals surface area contributed by atoms with E-state index in [1.165, 1.54) is 0 Å². The van der Waals surface area contributed by atoms with E-state index in [1.807, 2.05) is 53.2 Å². The fourth-order valence-electron chi connectivity index (χ4n) is 3.53. The summed E-state index contributed by atoms with van der Waals surface area (Å²) in [4.78, 5) is 5.16. The van der Waals surface area contributed by atoms with Gasteiger partial charge >= 0.3 is 0 Å². The van der Waals surface area contributed by atoms with E-state index in [9.17, 15) is 5.11 Å². The van der Waals surface area contributed by atoms with Crippen LogP contribution in [0.15, 0.2) is 72.7 Å². The topological polar surface area (TPSA) is 38.0 Å². The summed E-state index contributed by atoms with van der Waals surface area (Å²) in [7, 11) is 0. The molecule has 6 heteroatoms. The number of hydrogen-bond donors (Lipinski definition) is 1. The number of halogens is 2. The van der Waals surface area contributed by atoms with E-state index in [1.54, 1.807) is 24.3 Å². The van der Waals surface area contributed by atoms with Gasteiger partial charge in [-0.15, -0.1) is 11.8 Å². The number of fused-ring (bicyclic) bond motifs is 1. The minimum absolute atomic E-state index is 0.496. The summed E-state index contributed by atoms with van der Waals surface area (Å²) in [5, 5.41) is 12.6. The van der Waals surface area contributed by atoms with Crippen LogP contribution in [0.25, 0.3) is 5.57 Å². The van der Waals surface area contributed by atoms with Gasteiger partial charge in [0.25, 0.3) is 0 Å². The fraction of sp³-hybridized carbons (Fsp3) is 0.190. The molecule has 138 valence electrons. The lowest BCUT2D eigenvalue weighted by molar-refractivity contribution is 0.124. The lowest BCUT2D eigenvalue weighted by Gasteiger charge is -2.33. The van der Waals surface area contributed by atoms with E-state index in [0.717, 1.165) is 21.6 Å². The fourth-order valence-corrected chi connectivity index (χ4v) is 5.51. The molecule has 0 fully saturated rings. The highest BCUT2D eigenvalue weighted by Gasteiger charge is 2.47. The van der Waals surface area contributed by atoms with E-state index >= 15 is 0 Å². The molecule has 0 amide bonds. The zero-order valence-electron chi connectivity index (χ0n) is 14.5. The number of aliphatic hydroxyl groups is 1. The molecule has 0 saturated carbocycles. The van der Waals surface area contributed by atoms with E-state index < -0.39 is 10.9 Å². The van der Waals surface area contributed by atoms with Crippen molar-refractivity contribution in [2.24, 2.45) is 0 Å². The molecule has 0 radical (unpaired) electrons. The van der Waals surface area contributed by atoms with Crippen LogP contribution in [0.4, 0.5) is 0 Å². The zero-order chi connectivity index (χ0) is 19.0. The highest BCUT2D eigenvalue weighted by Crippen LogP contribution is 2.56. The van der Waals surface area contributed by atoms with Gasteiger partial charge in [-0.2, -0.15) is 0 Å². The normalized spacial score (nSPS) is 21.2. The van der Waals surface area contributed by atoms with Crippen molar-refractivity contribution in [3.05, 3.63) is 88.9 Å². The number of benzene rings is 2. The van der Waals surface area contributed by atoms with Gasteiger partial charge in [0.05, 0.1) is 17.2 Å². The van der Waals surface area contributed by atoms with Gasteiger partial charge in [0, 0.05) is 33.9 Å². The Morgan fingerprint density at radius 3 is 2.63 bits per heavy atom. The van der Waals surface area contributed by atoms with Crippen LogP contribution in [-0.2, 0) is 6.54 Å². The van der Waals surface area contributed by atoms with Crippen LogP contribution in [-0.4, -0.2) is 19.4 Å². The van der Waals surface area contributed by atoms with E-state index in [0.29, 0.717) is 23.0 Å². The van der Waals surface area contributed by atoms with Gasteiger partial charge < -0.3 is 9.67 Å². The molecular formula is C21H18Cl2N2OS. The number of imidazole rings is 1. The molecule has 2 aromatic carbocycles. The van der Waals surface area contributed by atoms with Crippen LogP contribution >= 0.6 is 35.0 Å². The SMILES string of the molecule is C=C(CC1(Cn2ccnc2)Sc2cc(Cl)ccc2C1O)c1ccc(Cl)cc1. The van der Waals surface area contributed by atoms with Crippen molar-refractivity contribution in [1.82, 2.24) is 9.55 Å². The third kappa shape index (κ3) is 3.67. The molecule has 0 aliphatic carbocycles. The molecule has 0 saturated heterocycles. The third-order valence-electron chi connectivity index (χ3n) is 4.86. The summed E-state index contributed by atoms with van der Waals surface area (Å²) in [6.45, 7) is 4.90. The lowest BCUT2D eigenvalue weighted by Crippen LogP contribution is -2.34. The number of allylic oxidation sites excluding steroid dienone is 1. The predicted octanol–water partition coefficient (Wildman–Crippen LogP) is 5.87. The first-order valence-corrected chi connectivity index (χ1v) is 10.1. The van der Waals surface area contributed by atoms with Crippen molar-refractivity contribution in [3.8, 4) is 0 Å². The minimum Gasteiger partial charge on any atom is -0.387 e. The summed E-state index contributed by atoms with van der Waals surface area (Å²) in [6.07, 6.45) is 5.41. The van der Waals surface area contributed by atoms with Crippen LogP contribution in [0.3, 0.4) is 0 Å². The van der Waals surface area contributed by atoms with Crippen molar-refractivity contribution in [2.75, 3.05) is 0 Å². The number of aliphatic hydroxyl groups excluding tert-OH is 1. The van der Waals surface area contributed by atoms with Crippen molar-refractivity contribution >= 4 is 40.5 Å². The number of hydrogen-bond acceptors (Lipinski definition) is 3. The molecule has 1 N–H and O–H groups in total. The third-order valence-corrected chi connectivity index (χ3v) is 6.82. The second-order valence-corrected chi connectivity index (χ2v) is 9.10. The summed E-state index contributed by atoms with van der Waals surface area (Å²) >= 11 is 13.9. The monoisotopic (exact) mass is 416 g/mol. The number of nitrogens with zero attached hydrogens (tertiary/aromatic N) is 2. The molecular weight excluding hydrogens is 399 g/mol. The van der Waals surface area contributed by atoms with Gasteiger partial charge in [-0.25, -0.2) is 4.98 Å². The molecule has 27 heavy (non-hydrogen) atoms. The van der Waals surface area contributed by atoms with E-state index in [2.05, 4.69) is 11.6 Å². The van der Waals surface area contributed by atoms with Gasteiger partial charge in [0.2, 0.25) is 0 Å². The smallest absolute Gasteiger partial charge is 0.0971 e. The minimum atomic E-state index is -0.638. The Morgan fingerprint density at radius 2 is 1.93 bits per heavy atom. The first-order valence-electron chi connectivity index (χ1n) is 8.53. The lowest BCUT2D eigenvalue weighted by atomic mass is 9.87. The summed E-state index contributed by atoms with van der Waals surface area (Å²) in [5.74, 6) is 0. The van der Waals surface area contributed by atoms with Crippen molar-refractivity contribution in [1.29, 1.82) is 0 Å². The van der Waals surface area contributed by atoms with E-state index in [4.69, 9.17) is 23.2 Å². The standard InChI is InChI=1S/C21H18Cl2N2OS/c1-14(15-2-4-16(22)5-3-15)11-21(12-25-9-8-24-13-25)20(26)18-7-6-17(23)10-19(18)27-21/h2-10,13,20,26H,1,11-12H2. The maximum Gasteiger partial charge on any atom is 0.0971 e. The predicted molar refractivity (Wildman–Crippen MR) is 112 cm³/mol. The van der Waals surface area contributed by atoms with Crippen LogP contribution < -0.4 is 0 Å². The summed E-state index contributed by atoms with van der Waals surface area (Å²) in [6, 6.07) is 13.3. The maximum atomic E-state index is 11.3. The maximum absolute atomic E-state index is 11.3. The van der Waals surface area contributed by atoms with Gasteiger partial charge in [-0.1, -0.05) is 48.0 Å². The highest BCUT2D eigenvalue weighted by molar-refractivity contribution is 8.01. The zero-order valence-corrected chi connectivity index (χ0v) is 16.8. The molecule has 1 aromatic heterocycles. The quantitative estimate of drug-likeness (QED) is 0.564. The van der Waals surface area contributed by atoms with Crippen molar-refractivity contribution in [3.63, 3.8) is 0 Å². The molecule has 4 rings (SSSR count). The molecule has 3 nitrogen and oxygen atoms in total. The second-order valence-electron chi connectivity index (χ2n) is 6.77. The summed E-state index contributed by atoms with van der Waals surface area (Å²) in [5.41, 5.74) is 2.89. The molecule has 2 unspecified atom stereocenters. The van der Waals surface area contributed by atoms with Gasteiger partial charge in [-0.05, 0) is 47.4 Å². The number of thioether (sulfide) groups is 1. The Hall–Kier alpha value is -1.72. The average molecular weight is 417 g/mol. The number of aromatic nitrogens is 2. The Morgan fingerprint density at radius 1 is 1.19 bits per heavy atom. The highest BCUT2D eigenvalue weighted by atomic mass is 35.5. The first kappa shape index (κ1) is 18.6. The van der Waals surface area contributed by atoms with E-state index in [-0.39, 0.29) is 0 Å². The summed E-state index contributed by atoms with van der Waals surface area (Å²) < 4.78 is 1.50. The Labute approximate surface area is 172 Å². The van der Waals surface area contributed by atoms with Crippen LogP contribution in [0.1, 0.15) is 23.7 Å². The molecule has 2 atom stereocenters. The Bertz CT molecular complexity index is 972. The van der Waals surface area contributed by atoms with Crippen LogP contribution in [0, 0.1) is 0 Å². The van der Waals surface area contributed by atoms with Gasteiger partial charge in [0.1, 0.15) is 0 Å². The van der Waals surface area contributed by atoms with Crippen molar-refractivity contribution in [2.45, 2.75) is 28.7 Å². The second kappa shape index (κ2) is 7.36. The van der Waals surface area contributed by atoms with Crippen molar-refractivity contribution < 1.29 is 5.11 Å². The molecule has 2 heterocycles. The molecule has 0 spiro atoms. The first-order chi connectivity index (χ1) is 13.0. The van der Waals surface area contributed by atoms with Crippen LogP contribution in [0.5, 0.6) is 0 Å². The number of rotatable bonds is 5. The molecule has 1 aliphatic heterocycles. The largest absolute Gasteiger partial charge is 0.387 e. The molecule has 1 aliphatic rings. The Kier molecular flexibility index (Phi) is 5.08. The molecule has 3 aromatic rings. The van der Waals surface area contributed by atoms with Crippen LogP contribution in [0.2, 0.25) is 10.0 Å². The average Bonchev–Trinajstić information content (AvgIpc) is 3.22.